The van der Waals surface area contributed by atoms with E-state index in [9.17, 15) is 14.0 Å². The smallest absolute Gasteiger partial charge is 0.256 e. The first kappa shape index (κ1) is 28.3. The highest BCUT2D eigenvalue weighted by atomic mass is 19.1. The van der Waals surface area contributed by atoms with Crippen LogP contribution in [0.1, 0.15) is 62.0 Å². The predicted octanol–water partition coefficient (Wildman–Crippen LogP) is 5.07. The molecule has 0 aliphatic carbocycles. The van der Waals surface area contributed by atoms with E-state index in [-0.39, 0.29) is 17.9 Å². The Bertz CT molecular complexity index is 1400. The Morgan fingerprint density at radius 2 is 1.82 bits per heavy atom. The number of likely N-dealkylation sites (tertiary alicyclic amines) is 2. The maximum Gasteiger partial charge on any atom is 0.256 e. The molecule has 1 aromatic carbocycles. The second kappa shape index (κ2) is 11.3. The third-order valence-electron chi connectivity index (χ3n) is 9.26. The van der Waals surface area contributed by atoms with Crippen LogP contribution in [0.15, 0.2) is 36.8 Å². The lowest BCUT2D eigenvalue weighted by atomic mass is 9.84. The van der Waals surface area contributed by atoms with E-state index < -0.39 is 5.82 Å². The topological polar surface area (TPSA) is 61.7 Å². The average molecular weight is 548 g/mol. The lowest BCUT2D eigenvalue weighted by molar-refractivity contribution is -0.130. The molecule has 2 aliphatic heterocycles. The Labute approximate surface area is 236 Å². The molecule has 1 atom stereocenters. The summed E-state index contributed by atoms with van der Waals surface area (Å²) in [6, 6.07) is 4.98. The number of aromatic nitrogens is 2. The van der Waals surface area contributed by atoms with Crippen molar-refractivity contribution < 1.29 is 14.0 Å². The summed E-state index contributed by atoms with van der Waals surface area (Å²) < 4.78 is 16.4. The number of fused-ring (bicyclic) bond motifs is 1. The number of piperidine rings is 1. The molecule has 0 radical (unpaired) electrons. The molecule has 2 aliphatic rings. The quantitative estimate of drug-likeness (QED) is 0.414. The van der Waals surface area contributed by atoms with Gasteiger partial charge in [-0.05, 0) is 88.1 Å². The Balaban J connectivity index is 1.37. The van der Waals surface area contributed by atoms with Gasteiger partial charge < -0.3 is 14.4 Å². The zero-order valence-electron chi connectivity index (χ0n) is 24.7. The van der Waals surface area contributed by atoms with Crippen molar-refractivity contribution in [1.82, 2.24) is 24.3 Å². The number of rotatable bonds is 7. The highest BCUT2D eigenvalue weighted by Crippen LogP contribution is 2.34. The van der Waals surface area contributed by atoms with E-state index in [0.717, 1.165) is 61.9 Å². The molecule has 4 heterocycles. The molecule has 214 valence electrons. The summed E-state index contributed by atoms with van der Waals surface area (Å²) in [7, 11) is 1.75. The fourth-order valence-corrected chi connectivity index (χ4v) is 6.49. The summed E-state index contributed by atoms with van der Waals surface area (Å²) in [6.07, 6.45) is 8.96. The molecule has 8 heteroatoms. The van der Waals surface area contributed by atoms with Crippen molar-refractivity contribution in [2.45, 2.75) is 66.0 Å². The van der Waals surface area contributed by atoms with Crippen LogP contribution in [-0.4, -0.2) is 81.4 Å². The van der Waals surface area contributed by atoms with Crippen molar-refractivity contribution >= 4 is 22.7 Å². The molecule has 5 rings (SSSR count). The van der Waals surface area contributed by atoms with Crippen LogP contribution in [-0.2, 0) is 11.2 Å². The monoisotopic (exact) mass is 547 g/mol. The van der Waals surface area contributed by atoms with E-state index in [2.05, 4.69) is 29.9 Å². The Hall–Kier alpha value is -3.26. The number of hydrogen-bond acceptors (Lipinski definition) is 4. The van der Waals surface area contributed by atoms with E-state index in [1.54, 1.807) is 24.9 Å². The van der Waals surface area contributed by atoms with Crippen LogP contribution >= 0.6 is 0 Å². The van der Waals surface area contributed by atoms with Crippen LogP contribution in [0.4, 0.5) is 4.39 Å². The number of carbonyl (C=O) groups is 2. The van der Waals surface area contributed by atoms with Gasteiger partial charge >= 0.3 is 0 Å². The van der Waals surface area contributed by atoms with Crippen LogP contribution in [0.5, 0.6) is 0 Å². The zero-order valence-corrected chi connectivity index (χ0v) is 24.7. The number of benzene rings is 1. The fraction of sp³-hybridized carbons (Fsp3) is 0.531. The first-order valence-electron chi connectivity index (χ1n) is 14.6. The summed E-state index contributed by atoms with van der Waals surface area (Å²) in [4.78, 5) is 35.7. The molecule has 2 amide bonds. The van der Waals surface area contributed by atoms with Gasteiger partial charge in [0, 0.05) is 70.0 Å². The van der Waals surface area contributed by atoms with E-state index in [0.29, 0.717) is 29.1 Å². The van der Waals surface area contributed by atoms with Crippen molar-refractivity contribution in [2.75, 3.05) is 33.2 Å². The molecule has 2 aromatic heterocycles. The van der Waals surface area contributed by atoms with Crippen LogP contribution in [0.2, 0.25) is 0 Å². The normalized spacial score (nSPS) is 17.9. The first-order chi connectivity index (χ1) is 19.0. The Morgan fingerprint density at radius 3 is 2.48 bits per heavy atom. The van der Waals surface area contributed by atoms with Crippen LogP contribution in [0, 0.1) is 24.6 Å². The molecule has 0 saturated carbocycles. The van der Waals surface area contributed by atoms with Gasteiger partial charge in [-0.3, -0.25) is 19.5 Å². The van der Waals surface area contributed by atoms with Gasteiger partial charge in [-0.25, -0.2) is 4.39 Å². The maximum absolute atomic E-state index is 14.4. The number of nitrogens with zero attached hydrogens (tertiary/aromatic N) is 5. The van der Waals surface area contributed by atoms with Gasteiger partial charge in [0.2, 0.25) is 5.91 Å². The van der Waals surface area contributed by atoms with Crippen LogP contribution in [0.25, 0.3) is 16.6 Å². The Kier molecular flexibility index (Phi) is 8.00. The summed E-state index contributed by atoms with van der Waals surface area (Å²) in [5.74, 6) is 0.735. The summed E-state index contributed by atoms with van der Waals surface area (Å²) in [5.41, 5.74) is 4.29. The lowest BCUT2D eigenvalue weighted by Gasteiger charge is -2.47. The number of carbonyl (C=O) groups excluding carboxylic acids is 2. The lowest BCUT2D eigenvalue weighted by Crippen LogP contribution is -2.55. The van der Waals surface area contributed by atoms with Gasteiger partial charge in [0.25, 0.3) is 5.91 Å². The van der Waals surface area contributed by atoms with E-state index in [1.165, 1.54) is 17.7 Å². The molecular weight excluding hydrogens is 505 g/mol. The van der Waals surface area contributed by atoms with Gasteiger partial charge in [-0.15, -0.1) is 0 Å². The predicted molar refractivity (Wildman–Crippen MR) is 156 cm³/mol. The maximum atomic E-state index is 14.4. The minimum atomic E-state index is -0.425. The molecule has 0 bridgehead atoms. The molecule has 0 N–H and O–H groups in total. The highest BCUT2D eigenvalue weighted by Gasteiger charge is 2.36. The van der Waals surface area contributed by atoms with Gasteiger partial charge in [0.1, 0.15) is 5.82 Å². The number of amides is 2. The molecule has 2 saturated heterocycles. The summed E-state index contributed by atoms with van der Waals surface area (Å²) in [5, 5.41) is 1.16. The largest absolute Gasteiger partial charge is 0.343 e. The van der Waals surface area contributed by atoms with Crippen molar-refractivity contribution in [2.24, 2.45) is 11.8 Å². The second-order valence-corrected chi connectivity index (χ2v) is 12.2. The molecule has 0 spiro atoms. The van der Waals surface area contributed by atoms with Gasteiger partial charge in [0.15, 0.2) is 0 Å². The molecule has 7 nitrogen and oxygen atoms in total. The summed E-state index contributed by atoms with van der Waals surface area (Å²) in [6.45, 7) is 13.8. The minimum absolute atomic E-state index is 0.00451. The molecule has 3 aromatic rings. The third-order valence-corrected chi connectivity index (χ3v) is 9.26. The first-order valence-corrected chi connectivity index (χ1v) is 14.6. The zero-order chi connectivity index (χ0) is 28.7. The highest BCUT2D eigenvalue weighted by molar-refractivity contribution is 5.99. The van der Waals surface area contributed by atoms with E-state index in [4.69, 9.17) is 0 Å². The van der Waals surface area contributed by atoms with Crippen molar-refractivity contribution in [1.29, 1.82) is 0 Å². The number of hydrogen-bond donors (Lipinski definition) is 0. The SMILES string of the molecule is CC(=O)N1CCC([C@H](C)N2CC(Cc3cn(-c4ccc(F)cc4C(=O)N(C)C(C)C)c4cncc(C)c34)C2)CC1. The second-order valence-electron chi connectivity index (χ2n) is 12.2. The third kappa shape index (κ3) is 5.38. The fourth-order valence-electron chi connectivity index (χ4n) is 6.49. The molecule has 40 heavy (non-hydrogen) atoms. The van der Waals surface area contributed by atoms with E-state index >= 15 is 0 Å². The van der Waals surface area contributed by atoms with Crippen molar-refractivity contribution in [3.8, 4) is 5.69 Å². The number of aryl methyl sites for hydroxylation is 1. The number of halogens is 1. The summed E-state index contributed by atoms with van der Waals surface area (Å²) >= 11 is 0. The van der Waals surface area contributed by atoms with Crippen molar-refractivity contribution in [3.05, 3.63) is 59.3 Å². The molecular formula is C32H42FN5O2. The standard InChI is InChI=1S/C32H42FN5O2/c1-20(2)35(6)32(40)28-14-27(33)7-8-29(28)38-19-26(31-21(3)15-34-16-30(31)38)13-24-17-37(18-24)22(4)25-9-11-36(12-10-25)23(5)39/h7-8,14-16,19-20,22,24-25H,9-13,17-18H2,1-6H3/t22-/m0/s1. The van der Waals surface area contributed by atoms with Crippen LogP contribution < -0.4 is 0 Å². The van der Waals surface area contributed by atoms with Crippen molar-refractivity contribution in [3.63, 3.8) is 0 Å². The van der Waals surface area contributed by atoms with E-state index in [1.807, 2.05) is 35.7 Å². The van der Waals surface area contributed by atoms with Gasteiger partial charge in [-0.2, -0.15) is 0 Å². The minimum Gasteiger partial charge on any atom is -0.343 e. The Morgan fingerprint density at radius 1 is 1.12 bits per heavy atom. The van der Waals surface area contributed by atoms with Gasteiger partial charge in [0.05, 0.1) is 23.0 Å². The number of pyridine rings is 1. The molecule has 0 unspecified atom stereocenters. The van der Waals surface area contributed by atoms with Gasteiger partial charge in [-0.1, -0.05) is 0 Å². The molecule has 2 fully saturated rings. The average Bonchev–Trinajstić information content (AvgIpc) is 3.28. The van der Waals surface area contributed by atoms with Crippen LogP contribution in [0.3, 0.4) is 0 Å².